The molecule has 0 spiro atoms. The first kappa shape index (κ1) is 11.0. The third kappa shape index (κ3) is 2.04. The van der Waals surface area contributed by atoms with E-state index in [1.807, 2.05) is 0 Å². The minimum absolute atomic E-state index is 0.512. The van der Waals surface area contributed by atoms with Crippen molar-refractivity contribution in [2.75, 3.05) is 6.54 Å². The van der Waals surface area contributed by atoms with Crippen LogP contribution in [0.25, 0.3) is 11.2 Å². The number of aromatic nitrogens is 4. The number of hydrogen-bond acceptors (Lipinski definition) is 4. The molecule has 0 unspecified atom stereocenters. The van der Waals surface area contributed by atoms with Gasteiger partial charge in [-0.1, -0.05) is 6.92 Å². The van der Waals surface area contributed by atoms with E-state index < -0.39 is 0 Å². The molecule has 0 saturated heterocycles. The van der Waals surface area contributed by atoms with Gasteiger partial charge in [0.25, 0.3) is 0 Å². The Bertz CT molecular complexity index is 462. The Balaban J connectivity index is 2.29. The van der Waals surface area contributed by atoms with Crippen molar-refractivity contribution in [1.29, 1.82) is 0 Å². The summed E-state index contributed by atoms with van der Waals surface area (Å²) in [5.41, 5.74) is 2.70. The van der Waals surface area contributed by atoms with Crippen LogP contribution in [-0.2, 0) is 6.54 Å². The highest BCUT2D eigenvalue weighted by Crippen LogP contribution is 2.13. The first-order valence-corrected chi connectivity index (χ1v) is 5.59. The summed E-state index contributed by atoms with van der Waals surface area (Å²) >= 11 is 0. The number of nitrogens with one attached hydrogen (secondary N) is 1. The van der Waals surface area contributed by atoms with Gasteiger partial charge in [0.1, 0.15) is 11.8 Å². The minimum atomic E-state index is 0.512. The number of fused-ring (bicyclic) bond motifs is 1. The Morgan fingerprint density at radius 1 is 1.31 bits per heavy atom. The summed E-state index contributed by atoms with van der Waals surface area (Å²) in [7, 11) is 0. The number of aromatic amines is 1. The van der Waals surface area contributed by atoms with Crippen molar-refractivity contribution in [1.82, 2.24) is 24.8 Å². The zero-order valence-electron chi connectivity index (χ0n) is 9.94. The Morgan fingerprint density at radius 2 is 2.12 bits per heavy atom. The lowest BCUT2D eigenvalue weighted by Gasteiger charge is -2.24. The number of H-pyrrole nitrogens is 1. The van der Waals surface area contributed by atoms with E-state index in [-0.39, 0.29) is 0 Å². The summed E-state index contributed by atoms with van der Waals surface area (Å²) in [6.07, 6.45) is 3.24. The lowest BCUT2D eigenvalue weighted by Crippen LogP contribution is -2.30. The van der Waals surface area contributed by atoms with Gasteiger partial charge in [-0.15, -0.1) is 0 Å². The fourth-order valence-corrected chi connectivity index (χ4v) is 1.79. The van der Waals surface area contributed by atoms with Crippen molar-refractivity contribution in [3.05, 3.63) is 18.3 Å². The summed E-state index contributed by atoms with van der Waals surface area (Å²) < 4.78 is 0. The molecule has 1 N–H and O–H groups in total. The molecule has 5 heteroatoms. The van der Waals surface area contributed by atoms with Crippen LogP contribution in [0.5, 0.6) is 0 Å². The average Bonchev–Trinajstić information content (AvgIpc) is 2.73. The SMILES string of the molecule is CCN(Cc1ncnc2nc[nH]c12)C(C)C. The second-order valence-corrected chi connectivity index (χ2v) is 4.08. The van der Waals surface area contributed by atoms with E-state index in [0.717, 1.165) is 29.9 Å². The lowest BCUT2D eigenvalue weighted by atomic mass is 10.2. The molecular formula is C11H17N5. The van der Waals surface area contributed by atoms with Crippen LogP contribution in [0.3, 0.4) is 0 Å². The molecule has 0 fully saturated rings. The fraction of sp³-hybridized carbons (Fsp3) is 0.545. The second-order valence-electron chi connectivity index (χ2n) is 4.08. The van der Waals surface area contributed by atoms with Gasteiger partial charge in [-0.05, 0) is 20.4 Å². The molecule has 0 aromatic carbocycles. The summed E-state index contributed by atoms with van der Waals surface area (Å²) in [5, 5.41) is 0. The molecule has 2 aromatic heterocycles. The number of rotatable bonds is 4. The summed E-state index contributed by atoms with van der Waals surface area (Å²) in [4.78, 5) is 18.0. The Morgan fingerprint density at radius 3 is 2.81 bits per heavy atom. The van der Waals surface area contributed by atoms with Crippen molar-refractivity contribution < 1.29 is 0 Å². The molecule has 5 nitrogen and oxygen atoms in total. The highest BCUT2D eigenvalue weighted by atomic mass is 15.2. The van der Waals surface area contributed by atoms with Gasteiger partial charge in [0.05, 0.1) is 12.0 Å². The first-order chi connectivity index (χ1) is 7.72. The molecule has 16 heavy (non-hydrogen) atoms. The minimum Gasteiger partial charge on any atom is -0.342 e. The molecule has 0 atom stereocenters. The van der Waals surface area contributed by atoms with Gasteiger partial charge in [0, 0.05) is 12.6 Å². The summed E-state index contributed by atoms with van der Waals surface area (Å²) in [5.74, 6) is 0. The van der Waals surface area contributed by atoms with Crippen LogP contribution in [-0.4, -0.2) is 37.4 Å². The van der Waals surface area contributed by atoms with Crippen LogP contribution in [0.15, 0.2) is 12.7 Å². The van der Waals surface area contributed by atoms with Crippen LogP contribution in [0.1, 0.15) is 26.5 Å². The number of nitrogens with zero attached hydrogens (tertiary/aromatic N) is 4. The maximum Gasteiger partial charge on any atom is 0.180 e. The van der Waals surface area contributed by atoms with Gasteiger partial charge < -0.3 is 4.98 Å². The van der Waals surface area contributed by atoms with Gasteiger partial charge in [-0.3, -0.25) is 4.90 Å². The van der Waals surface area contributed by atoms with Crippen molar-refractivity contribution in [3.63, 3.8) is 0 Å². The van der Waals surface area contributed by atoms with Crippen LogP contribution in [0, 0.1) is 0 Å². The molecule has 0 radical (unpaired) electrons. The summed E-state index contributed by atoms with van der Waals surface area (Å²) in [6.45, 7) is 8.38. The van der Waals surface area contributed by atoms with Gasteiger partial charge in [0.15, 0.2) is 5.65 Å². The van der Waals surface area contributed by atoms with E-state index >= 15 is 0 Å². The molecule has 86 valence electrons. The monoisotopic (exact) mass is 219 g/mol. The highest BCUT2D eigenvalue weighted by Gasteiger charge is 2.12. The van der Waals surface area contributed by atoms with Crippen molar-refractivity contribution in [2.45, 2.75) is 33.4 Å². The van der Waals surface area contributed by atoms with Gasteiger partial charge in [0.2, 0.25) is 0 Å². The zero-order chi connectivity index (χ0) is 11.5. The standard InChI is InChI=1S/C11H17N5/c1-4-16(8(2)3)5-9-10-11(14-6-12-9)15-7-13-10/h6-8H,4-5H2,1-3H3,(H,12,13,14,15). The molecule has 0 aliphatic rings. The Labute approximate surface area is 94.9 Å². The molecule has 2 rings (SSSR count). The fourth-order valence-electron chi connectivity index (χ4n) is 1.79. The van der Waals surface area contributed by atoms with E-state index in [1.54, 1.807) is 12.7 Å². The topological polar surface area (TPSA) is 57.7 Å². The van der Waals surface area contributed by atoms with Gasteiger partial charge in [-0.2, -0.15) is 0 Å². The maximum atomic E-state index is 4.33. The van der Waals surface area contributed by atoms with Crippen molar-refractivity contribution in [3.8, 4) is 0 Å². The Hall–Kier alpha value is -1.49. The van der Waals surface area contributed by atoms with E-state index in [4.69, 9.17) is 0 Å². The largest absolute Gasteiger partial charge is 0.342 e. The quantitative estimate of drug-likeness (QED) is 0.848. The van der Waals surface area contributed by atoms with E-state index in [9.17, 15) is 0 Å². The molecular weight excluding hydrogens is 202 g/mol. The smallest absolute Gasteiger partial charge is 0.180 e. The second kappa shape index (κ2) is 4.57. The van der Waals surface area contributed by atoms with E-state index in [0.29, 0.717) is 6.04 Å². The predicted octanol–water partition coefficient (Wildman–Crippen LogP) is 1.58. The first-order valence-electron chi connectivity index (χ1n) is 5.59. The van der Waals surface area contributed by atoms with Crippen molar-refractivity contribution in [2.24, 2.45) is 0 Å². The molecule has 2 aromatic rings. The number of hydrogen-bond donors (Lipinski definition) is 1. The van der Waals surface area contributed by atoms with E-state index in [2.05, 4.69) is 45.6 Å². The van der Waals surface area contributed by atoms with Gasteiger partial charge >= 0.3 is 0 Å². The summed E-state index contributed by atoms with van der Waals surface area (Å²) in [6, 6.07) is 0.512. The molecule has 0 aliphatic carbocycles. The molecule has 2 heterocycles. The van der Waals surface area contributed by atoms with Crippen molar-refractivity contribution >= 4 is 11.2 Å². The number of imidazole rings is 1. The molecule has 0 aliphatic heterocycles. The normalized spacial score (nSPS) is 11.8. The van der Waals surface area contributed by atoms with Crippen LogP contribution in [0.4, 0.5) is 0 Å². The third-order valence-electron chi connectivity index (χ3n) is 2.79. The molecule has 0 amide bonds. The average molecular weight is 219 g/mol. The van der Waals surface area contributed by atoms with Crippen LogP contribution >= 0.6 is 0 Å². The highest BCUT2D eigenvalue weighted by molar-refractivity contribution is 5.71. The lowest BCUT2D eigenvalue weighted by molar-refractivity contribution is 0.223. The molecule has 0 bridgehead atoms. The maximum absolute atomic E-state index is 4.33. The molecule has 0 saturated carbocycles. The van der Waals surface area contributed by atoms with Crippen LogP contribution < -0.4 is 0 Å². The zero-order valence-corrected chi connectivity index (χ0v) is 9.94. The van der Waals surface area contributed by atoms with E-state index in [1.165, 1.54) is 0 Å². The van der Waals surface area contributed by atoms with Crippen LogP contribution in [0.2, 0.25) is 0 Å². The predicted molar refractivity (Wildman–Crippen MR) is 62.9 cm³/mol. The van der Waals surface area contributed by atoms with Gasteiger partial charge in [-0.25, -0.2) is 15.0 Å². The Kier molecular flexibility index (Phi) is 3.14. The third-order valence-corrected chi connectivity index (χ3v) is 2.79.